The van der Waals surface area contributed by atoms with E-state index in [9.17, 15) is 10.1 Å². The largest absolute Gasteiger partial charge is 0.366 e. The van der Waals surface area contributed by atoms with Gasteiger partial charge >= 0.3 is 0 Å². The van der Waals surface area contributed by atoms with E-state index in [-0.39, 0.29) is 11.7 Å². The fraction of sp³-hybridized carbons (Fsp3) is 0.250. The van der Waals surface area contributed by atoms with E-state index >= 15 is 0 Å². The maximum absolute atomic E-state index is 11.0. The summed E-state index contributed by atoms with van der Waals surface area (Å²) in [5.41, 5.74) is 2.57. The summed E-state index contributed by atoms with van der Waals surface area (Å²) in [5.74, 6) is 1.17. The minimum absolute atomic E-state index is 0.0681. The van der Waals surface area contributed by atoms with E-state index in [0.717, 1.165) is 23.2 Å². The highest BCUT2D eigenvalue weighted by molar-refractivity contribution is 5.64. The van der Waals surface area contributed by atoms with Crippen LogP contribution >= 0.6 is 0 Å². The number of non-ortho nitro benzene ring substituents is 1. The van der Waals surface area contributed by atoms with Gasteiger partial charge in [-0.05, 0) is 31.0 Å². The Hall–Kier alpha value is -3.55. The van der Waals surface area contributed by atoms with Crippen molar-refractivity contribution in [2.24, 2.45) is 0 Å². The molecule has 144 valence electrons. The molecule has 0 amide bonds. The number of hydrogen-bond acceptors (Lipinski definition) is 7. The second kappa shape index (κ2) is 8.90. The van der Waals surface area contributed by atoms with Crippen molar-refractivity contribution in [3.8, 4) is 11.3 Å². The normalized spacial score (nSPS) is 11.6. The molecular formula is C20H22N6O2. The molecular weight excluding hydrogens is 356 g/mol. The number of anilines is 2. The van der Waals surface area contributed by atoms with Gasteiger partial charge in [-0.25, -0.2) is 4.98 Å². The SMILES string of the molecule is CC[C@@H](C)Nc1nc(NCc2cccc([N+](=O)[O-])c2)cc(-c2ccncc2)n1. The topological polar surface area (TPSA) is 106 Å². The zero-order valence-electron chi connectivity index (χ0n) is 15.8. The lowest BCUT2D eigenvalue weighted by Gasteiger charge is -2.14. The van der Waals surface area contributed by atoms with Crippen LogP contribution in [0.15, 0.2) is 54.9 Å². The molecule has 8 nitrogen and oxygen atoms in total. The molecule has 0 unspecified atom stereocenters. The van der Waals surface area contributed by atoms with E-state index in [1.807, 2.05) is 24.3 Å². The molecule has 2 heterocycles. The third-order valence-corrected chi connectivity index (χ3v) is 4.29. The maximum atomic E-state index is 11.0. The first-order valence-corrected chi connectivity index (χ1v) is 9.08. The first-order valence-electron chi connectivity index (χ1n) is 9.08. The molecule has 0 fully saturated rings. The van der Waals surface area contributed by atoms with Gasteiger partial charge in [-0.1, -0.05) is 19.1 Å². The highest BCUT2D eigenvalue weighted by atomic mass is 16.6. The summed E-state index contributed by atoms with van der Waals surface area (Å²) in [5, 5.41) is 17.5. The lowest BCUT2D eigenvalue weighted by Crippen LogP contribution is -2.16. The van der Waals surface area contributed by atoms with Gasteiger partial charge in [0.2, 0.25) is 5.95 Å². The summed E-state index contributed by atoms with van der Waals surface area (Å²) in [6, 6.07) is 12.4. The van der Waals surface area contributed by atoms with Gasteiger partial charge in [-0.3, -0.25) is 15.1 Å². The van der Waals surface area contributed by atoms with Crippen LogP contribution in [0.3, 0.4) is 0 Å². The van der Waals surface area contributed by atoms with Gasteiger partial charge in [0.1, 0.15) is 5.82 Å². The summed E-state index contributed by atoms with van der Waals surface area (Å²) in [6.07, 6.45) is 4.38. The first kappa shape index (κ1) is 19.2. The lowest BCUT2D eigenvalue weighted by molar-refractivity contribution is -0.384. The minimum Gasteiger partial charge on any atom is -0.366 e. The van der Waals surface area contributed by atoms with Crippen molar-refractivity contribution in [2.75, 3.05) is 10.6 Å². The standard InChI is InChI=1S/C20H22N6O2/c1-3-14(2)23-20-24-18(16-7-9-21-10-8-16)12-19(25-20)22-13-15-5-4-6-17(11-15)26(27)28/h4-12,14H,3,13H2,1-2H3,(H2,22,23,24,25)/t14-/m1/s1. The number of hydrogen-bond donors (Lipinski definition) is 2. The molecule has 0 radical (unpaired) electrons. The Kier molecular flexibility index (Phi) is 6.11. The van der Waals surface area contributed by atoms with E-state index in [1.54, 1.807) is 24.5 Å². The zero-order chi connectivity index (χ0) is 19.9. The molecule has 3 rings (SSSR count). The molecule has 1 atom stereocenters. The van der Waals surface area contributed by atoms with Crippen molar-refractivity contribution < 1.29 is 4.92 Å². The molecule has 0 aliphatic carbocycles. The van der Waals surface area contributed by atoms with Crippen LogP contribution in [0.4, 0.5) is 17.5 Å². The molecule has 2 N–H and O–H groups in total. The van der Waals surface area contributed by atoms with E-state index in [2.05, 4.69) is 39.4 Å². The Balaban J connectivity index is 1.85. The minimum atomic E-state index is -0.399. The predicted octanol–water partition coefficient (Wildman–Crippen LogP) is 4.27. The highest BCUT2D eigenvalue weighted by Gasteiger charge is 2.10. The highest BCUT2D eigenvalue weighted by Crippen LogP contribution is 2.22. The van der Waals surface area contributed by atoms with Gasteiger partial charge in [0, 0.05) is 48.7 Å². The van der Waals surface area contributed by atoms with Gasteiger partial charge < -0.3 is 10.6 Å². The van der Waals surface area contributed by atoms with Crippen LogP contribution in [0.2, 0.25) is 0 Å². The number of pyridine rings is 1. The molecule has 28 heavy (non-hydrogen) atoms. The Morgan fingerprint density at radius 1 is 1.14 bits per heavy atom. The van der Waals surface area contributed by atoms with Crippen LogP contribution < -0.4 is 10.6 Å². The molecule has 0 spiro atoms. The van der Waals surface area contributed by atoms with E-state index in [4.69, 9.17) is 0 Å². The quantitative estimate of drug-likeness (QED) is 0.445. The van der Waals surface area contributed by atoms with Crippen LogP contribution in [0.1, 0.15) is 25.8 Å². The van der Waals surface area contributed by atoms with E-state index in [1.165, 1.54) is 6.07 Å². The summed E-state index contributed by atoms with van der Waals surface area (Å²) < 4.78 is 0. The number of rotatable bonds is 8. The Morgan fingerprint density at radius 2 is 1.93 bits per heavy atom. The van der Waals surface area contributed by atoms with Crippen LogP contribution in [-0.2, 0) is 6.54 Å². The average Bonchev–Trinajstić information content (AvgIpc) is 2.73. The fourth-order valence-corrected chi connectivity index (χ4v) is 2.57. The molecule has 0 aliphatic heterocycles. The molecule has 3 aromatic rings. The van der Waals surface area contributed by atoms with Crippen LogP contribution in [0, 0.1) is 10.1 Å². The number of nitro groups is 1. The van der Waals surface area contributed by atoms with Gasteiger partial charge in [0.25, 0.3) is 5.69 Å². The smallest absolute Gasteiger partial charge is 0.269 e. The van der Waals surface area contributed by atoms with E-state index < -0.39 is 4.92 Å². The Labute approximate surface area is 163 Å². The molecule has 1 aromatic carbocycles. The Bertz CT molecular complexity index is 948. The lowest BCUT2D eigenvalue weighted by atomic mass is 10.2. The summed E-state index contributed by atoms with van der Waals surface area (Å²) in [7, 11) is 0. The van der Waals surface area contributed by atoms with Crippen molar-refractivity contribution in [1.82, 2.24) is 15.0 Å². The van der Waals surface area contributed by atoms with Crippen molar-refractivity contribution >= 4 is 17.5 Å². The average molecular weight is 378 g/mol. The second-order valence-electron chi connectivity index (χ2n) is 6.43. The third kappa shape index (κ3) is 5.00. The van der Waals surface area contributed by atoms with Crippen LogP contribution in [-0.4, -0.2) is 25.9 Å². The van der Waals surface area contributed by atoms with Crippen molar-refractivity contribution in [3.63, 3.8) is 0 Å². The molecule has 0 bridgehead atoms. The maximum Gasteiger partial charge on any atom is 0.269 e. The predicted molar refractivity (Wildman–Crippen MR) is 109 cm³/mol. The zero-order valence-corrected chi connectivity index (χ0v) is 15.8. The second-order valence-corrected chi connectivity index (χ2v) is 6.43. The monoisotopic (exact) mass is 378 g/mol. The third-order valence-electron chi connectivity index (χ3n) is 4.29. The van der Waals surface area contributed by atoms with Gasteiger partial charge in [-0.15, -0.1) is 0 Å². The summed E-state index contributed by atoms with van der Waals surface area (Å²) in [4.78, 5) is 23.7. The first-order chi connectivity index (χ1) is 13.5. The Morgan fingerprint density at radius 3 is 2.64 bits per heavy atom. The number of aromatic nitrogens is 3. The van der Waals surface area contributed by atoms with Crippen LogP contribution in [0.5, 0.6) is 0 Å². The number of nitro benzene ring substituents is 1. The number of benzene rings is 1. The van der Waals surface area contributed by atoms with Crippen LogP contribution in [0.25, 0.3) is 11.3 Å². The van der Waals surface area contributed by atoms with Gasteiger partial charge in [-0.2, -0.15) is 4.98 Å². The molecule has 0 aliphatic rings. The van der Waals surface area contributed by atoms with Gasteiger partial charge in [0.15, 0.2) is 0 Å². The molecule has 8 heteroatoms. The number of nitrogens with one attached hydrogen (secondary N) is 2. The summed E-state index contributed by atoms with van der Waals surface area (Å²) >= 11 is 0. The van der Waals surface area contributed by atoms with Gasteiger partial charge in [0.05, 0.1) is 10.6 Å². The van der Waals surface area contributed by atoms with E-state index in [0.29, 0.717) is 18.3 Å². The molecule has 0 saturated carbocycles. The molecule has 2 aromatic heterocycles. The number of nitrogens with zero attached hydrogens (tertiary/aromatic N) is 4. The van der Waals surface area contributed by atoms with Crippen molar-refractivity contribution in [1.29, 1.82) is 0 Å². The molecule has 0 saturated heterocycles. The fourth-order valence-electron chi connectivity index (χ4n) is 2.57. The van der Waals surface area contributed by atoms with Crippen molar-refractivity contribution in [3.05, 3.63) is 70.5 Å². The summed E-state index contributed by atoms with van der Waals surface area (Å²) in [6.45, 7) is 4.57. The van der Waals surface area contributed by atoms with Crippen molar-refractivity contribution in [2.45, 2.75) is 32.9 Å².